The lowest BCUT2D eigenvalue weighted by atomic mass is 9.92. The van der Waals surface area contributed by atoms with E-state index in [2.05, 4.69) is 20.3 Å². The van der Waals surface area contributed by atoms with Crippen LogP contribution in [0.5, 0.6) is 0 Å². The zero-order valence-corrected chi connectivity index (χ0v) is 20.8. The number of likely N-dealkylation sites (N-methyl/N-ethyl adjacent to an activating group) is 1. The zero-order valence-electron chi connectivity index (χ0n) is 20.8. The van der Waals surface area contributed by atoms with Crippen molar-refractivity contribution in [2.24, 2.45) is 0 Å². The number of carbonyl (C=O) groups excluding carboxylic acids is 1. The SMILES string of the molecule is CC1=C(c2cnc3cccnn23)CC(NC(=O)c2ccc(CN3CCN(C)CC3)c(C(F)(F)F)c2)C=C1. The Hall–Kier alpha value is -3.50. The minimum atomic E-state index is -4.55. The van der Waals surface area contributed by atoms with Crippen molar-refractivity contribution in [1.29, 1.82) is 0 Å². The zero-order chi connectivity index (χ0) is 26.2. The third kappa shape index (κ3) is 5.45. The molecule has 0 saturated carbocycles. The van der Waals surface area contributed by atoms with Crippen molar-refractivity contribution in [2.45, 2.75) is 32.1 Å². The maximum Gasteiger partial charge on any atom is 0.416 e. The van der Waals surface area contributed by atoms with Gasteiger partial charge in [0.25, 0.3) is 5.91 Å². The van der Waals surface area contributed by atoms with Gasteiger partial charge < -0.3 is 10.2 Å². The number of imidazole rings is 1. The fourth-order valence-electron chi connectivity index (χ4n) is 4.87. The Kier molecular flexibility index (Phi) is 6.87. The lowest BCUT2D eigenvalue weighted by molar-refractivity contribution is -0.138. The molecule has 3 aromatic rings. The molecule has 0 bridgehead atoms. The summed E-state index contributed by atoms with van der Waals surface area (Å²) in [6.45, 7) is 5.23. The molecule has 10 heteroatoms. The van der Waals surface area contributed by atoms with Gasteiger partial charge in [-0.2, -0.15) is 18.3 Å². The smallest absolute Gasteiger partial charge is 0.345 e. The van der Waals surface area contributed by atoms with Crippen LogP contribution in [-0.2, 0) is 12.7 Å². The van der Waals surface area contributed by atoms with Gasteiger partial charge in [0, 0.05) is 44.5 Å². The number of nitrogens with zero attached hydrogens (tertiary/aromatic N) is 5. The van der Waals surface area contributed by atoms with Crippen molar-refractivity contribution < 1.29 is 18.0 Å². The Labute approximate surface area is 213 Å². The first kappa shape index (κ1) is 25.2. The van der Waals surface area contributed by atoms with Gasteiger partial charge in [-0.15, -0.1) is 0 Å². The number of carbonyl (C=O) groups is 1. The van der Waals surface area contributed by atoms with Gasteiger partial charge in [-0.25, -0.2) is 9.50 Å². The average Bonchev–Trinajstić information content (AvgIpc) is 3.30. The number of benzene rings is 1. The number of piperazine rings is 1. The van der Waals surface area contributed by atoms with E-state index in [-0.39, 0.29) is 23.7 Å². The van der Waals surface area contributed by atoms with Crippen LogP contribution in [-0.4, -0.2) is 69.6 Å². The summed E-state index contributed by atoms with van der Waals surface area (Å²) in [6.07, 6.45) is 3.12. The highest BCUT2D eigenvalue weighted by Crippen LogP contribution is 2.34. The Morgan fingerprint density at radius 2 is 1.95 bits per heavy atom. The molecule has 37 heavy (non-hydrogen) atoms. The van der Waals surface area contributed by atoms with Gasteiger partial charge in [-0.1, -0.05) is 18.2 Å². The Bertz CT molecular complexity index is 1370. The summed E-state index contributed by atoms with van der Waals surface area (Å²) in [5.74, 6) is -0.540. The van der Waals surface area contributed by atoms with Crippen molar-refractivity contribution in [3.63, 3.8) is 0 Å². The summed E-state index contributed by atoms with van der Waals surface area (Å²) >= 11 is 0. The monoisotopic (exact) mass is 510 g/mol. The lowest BCUT2D eigenvalue weighted by Crippen LogP contribution is -2.44. The molecule has 1 unspecified atom stereocenters. The molecule has 1 aromatic carbocycles. The summed E-state index contributed by atoms with van der Waals surface area (Å²) in [6, 6.07) is 7.19. The van der Waals surface area contributed by atoms with Crippen molar-refractivity contribution in [3.05, 3.63) is 82.8 Å². The highest BCUT2D eigenvalue weighted by atomic mass is 19.4. The highest BCUT2D eigenvalue weighted by molar-refractivity contribution is 5.95. The minimum absolute atomic E-state index is 0.00727. The molecular weight excluding hydrogens is 481 g/mol. The van der Waals surface area contributed by atoms with E-state index in [1.165, 1.54) is 12.1 Å². The number of hydrogen-bond acceptors (Lipinski definition) is 5. The van der Waals surface area contributed by atoms with Crippen molar-refractivity contribution in [2.75, 3.05) is 33.2 Å². The molecule has 1 aliphatic heterocycles. The number of nitrogens with one attached hydrogen (secondary N) is 1. The molecule has 1 saturated heterocycles. The fraction of sp³-hybridized carbons (Fsp3) is 0.370. The molecular formula is C27H29F3N6O. The molecule has 1 N–H and O–H groups in total. The molecule has 7 nitrogen and oxygen atoms in total. The van der Waals surface area contributed by atoms with Crippen LogP contribution in [0.2, 0.25) is 0 Å². The fourth-order valence-corrected chi connectivity index (χ4v) is 4.87. The summed E-state index contributed by atoms with van der Waals surface area (Å²) < 4.78 is 43.6. The maximum atomic E-state index is 14.0. The van der Waals surface area contributed by atoms with Gasteiger partial charge >= 0.3 is 6.18 Å². The first-order valence-corrected chi connectivity index (χ1v) is 12.3. The number of alkyl halides is 3. The van der Waals surface area contributed by atoms with E-state index < -0.39 is 17.6 Å². The second-order valence-electron chi connectivity index (χ2n) is 9.69. The van der Waals surface area contributed by atoms with Crippen LogP contribution in [0.3, 0.4) is 0 Å². The average molecular weight is 511 g/mol. The summed E-state index contributed by atoms with van der Waals surface area (Å²) in [4.78, 5) is 21.6. The summed E-state index contributed by atoms with van der Waals surface area (Å²) in [5.41, 5.74) is 2.95. The number of allylic oxidation sites excluding steroid dienone is 2. The number of rotatable bonds is 5. The molecule has 3 heterocycles. The third-order valence-electron chi connectivity index (χ3n) is 7.05. The number of halogens is 3. The first-order valence-electron chi connectivity index (χ1n) is 12.3. The van der Waals surface area contributed by atoms with Gasteiger partial charge in [0.1, 0.15) is 0 Å². The van der Waals surface area contributed by atoms with Crippen molar-refractivity contribution >= 4 is 17.1 Å². The molecule has 2 aromatic heterocycles. The van der Waals surface area contributed by atoms with Crippen molar-refractivity contribution in [1.82, 2.24) is 29.7 Å². The van der Waals surface area contributed by atoms with E-state index in [0.29, 0.717) is 25.2 Å². The second kappa shape index (κ2) is 10.1. The predicted molar refractivity (Wildman–Crippen MR) is 135 cm³/mol. The van der Waals surface area contributed by atoms with Crippen LogP contribution in [0, 0.1) is 0 Å². The summed E-state index contributed by atoms with van der Waals surface area (Å²) in [7, 11) is 2.00. The van der Waals surface area contributed by atoms with E-state index in [9.17, 15) is 18.0 Å². The standard InChI is InChI=1S/C27H29F3N6O/c1-18-5-8-21(15-22(18)24-16-31-25-4-3-9-32-36(24)25)33-26(37)19-6-7-20(23(14-19)27(28,29)30)17-35-12-10-34(2)11-13-35/h3-9,14,16,21H,10-13,15,17H2,1-2H3,(H,33,37). The van der Waals surface area contributed by atoms with E-state index in [4.69, 9.17) is 0 Å². The van der Waals surface area contributed by atoms with E-state index >= 15 is 0 Å². The van der Waals surface area contributed by atoms with Gasteiger partial charge in [0.2, 0.25) is 0 Å². The van der Waals surface area contributed by atoms with Crippen LogP contribution >= 0.6 is 0 Å². The van der Waals surface area contributed by atoms with E-state index in [0.717, 1.165) is 36.0 Å². The Balaban J connectivity index is 1.32. The molecule has 0 radical (unpaired) electrons. The summed E-state index contributed by atoms with van der Waals surface area (Å²) in [5, 5.41) is 7.25. The molecule has 1 fully saturated rings. The molecule has 1 aliphatic carbocycles. The van der Waals surface area contributed by atoms with Gasteiger partial charge in [0.05, 0.1) is 23.5 Å². The third-order valence-corrected chi connectivity index (χ3v) is 7.05. The number of hydrogen-bond donors (Lipinski definition) is 1. The molecule has 0 spiro atoms. The highest BCUT2D eigenvalue weighted by Gasteiger charge is 2.35. The van der Waals surface area contributed by atoms with Crippen molar-refractivity contribution in [3.8, 4) is 0 Å². The lowest BCUT2D eigenvalue weighted by Gasteiger charge is -2.33. The number of aromatic nitrogens is 3. The maximum absolute atomic E-state index is 14.0. The van der Waals surface area contributed by atoms with Crippen LogP contribution in [0.15, 0.2) is 60.5 Å². The van der Waals surface area contributed by atoms with Crippen LogP contribution in [0.4, 0.5) is 13.2 Å². The van der Waals surface area contributed by atoms with Crippen LogP contribution < -0.4 is 5.32 Å². The molecule has 194 valence electrons. The molecule has 1 amide bonds. The largest absolute Gasteiger partial charge is 0.416 e. The normalized spacial score (nSPS) is 19.5. The van der Waals surface area contributed by atoms with E-state index in [1.807, 2.05) is 43.2 Å². The Morgan fingerprint density at radius 1 is 1.16 bits per heavy atom. The topological polar surface area (TPSA) is 65.8 Å². The first-order chi connectivity index (χ1) is 17.7. The molecule has 2 aliphatic rings. The van der Waals surface area contributed by atoms with E-state index in [1.54, 1.807) is 16.9 Å². The Morgan fingerprint density at radius 3 is 2.70 bits per heavy atom. The quantitative estimate of drug-likeness (QED) is 0.562. The second-order valence-corrected chi connectivity index (χ2v) is 9.69. The van der Waals surface area contributed by atoms with Crippen LogP contribution in [0.1, 0.15) is 40.5 Å². The molecule has 5 rings (SSSR count). The number of amides is 1. The van der Waals surface area contributed by atoms with Gasteiger partial charge in [-0.3, -0.25) is 9.69 Å². The number of fused-ring (bicyclic) bond motifs is 1. The predicted octanol–water partition coefficient (Wildman–Crippen LogP) is 4.03. The van der Waals surface area contributed by atoms with Gasteiger partial charge in [0.15, 0.2) is 5.65 Å². The minimum Gasteiger partial charge on any atom is -0.345 e. The van der Waals surface area contributed by atoms with Gasteiger partial charge in [-0.05, 0) is 61.4 Å². The molecule has 1 atom stereocenters. The van der Waals surface area contributed by atoms with Crippen LogP contribution in [0.25, 0.3) is 11.2 Å².